The largest absolute Gasteiger partial charge is 0.461 e. The second-order valence-corrected chi connectivity index (χ2v) is 7.58. The average Bonchev–Trinajstić information content (AvgIpc) is 3.05. The number of para-hydroxylation sites is 1. The van der Waals surface area contributed by atoms with Crippen molar-refractivity contribution >= 4 is 5.91 Å². The van der Waals surface area contributed by atoms with E-state index < -0.39 is 24.2 Å². The molecule has 0 saturated carbocycles. The topological polar surface area (TPSA) is 55.6 Å². The van der Waals surface area contributed by atoms with E-state index in [0.717, 1.165) is 6.07 Å². The molecule has 0 N–H and O–H groups in total. The van der Waals surface area contributed by atoms with Crippen LogP contribution in [0.3, 0.4) is 0 Å². The first-order valence-electron chi connectivity index (χ1n) is 8.71. The van der Waals surface area contributed by atoms with Gasteiger partial charge in [0, 0.05) is 18.4 Å². The quantitative estimate of drug-likeness (QED) is 0.714. The molecule has 1 aliphatic rings. The Bertz CT molecular complexity index is 874. The maximum atomic E-state index is 13.3. The zero-order valence-electron chi connectivity index (χ0n) is 15.6. The van der Waals surface area contributed by atoms with Crippen LogP contribution in [0.2, 0.25) is 0 Å². The molecule has 1 amide bonds. The van der Waals surface area contributed by atoms with Crippen molar-refractivity contribution in [2.24, 2.45) is 0 Å². The molecule has 152 valence electrons. The number of aromatic nitrogens is 1. The smallest absolute Gasteiger partial charge is 0.445 e. The Labute approximate surface area is 159 Å². The number of hydrogen-bond acceptors (Lipinski definition) is 4. The molecule has 1 aliphatic heterocycles. The van der Waals surface area contributed by atoms with Gasteiger partial charge in [-0.25, -0.2) is 4.98 Å². The van der Waals surface area contributed by atoms with Gasteiger partial charge in [0.25, 0.3) is 5.91 Å². The SMILES string of the molecule is CC(C)(C)c1nc2c(o1)CCN(C(=O)c1ccccc1OC(F)(F)C(F)F)C2. The van der Waals surface area contributed by atoms with Gasteiger partial charge in [-0.1, -0.05) is 32.9 Å². The van der Waals surface area contributed by atoms with E-state index in [1.807, 2.05) is 20.8 Å². The first-order chi connectivity index (χ1) is 13.0. The highest BCUT2D eigenvalue weighted by Gasteiger charge is 2.44. The number of fused-ring (bicyclic) bond motifs is 1. The van der Waals surface area contributed by atoms with Crippen molar-refractivity contribution in [3.8, 4) is 5.75 Å². The Morgan fingerprint density at radius 2 is 1.93 bits per heavy atom. The van der Waals surface area contributed by atoms with Crippen LogP contribution in [0.5, 0.6) is 5.75 Å². The van der Waals surface area contributed by atoms with Crippen LogP contribution < -0.4 is 4.74 Å². The van der Waals surface area contributed by atoms with Gasteiger partial charge in [-0.2, -0.15) is 17.6 Å². The standard InChI is InChI=1S/C19H20F4N2O3/c1-18(2,3)17-24-12-10-25(9-8-14(12)27-17)15(26)11-6-4-5-7-13(11)28-19(22,23)16(20)21/h4-7,16H,8-10H2,1-3H3. The summed E-state index contributed by atoms with van der Waals surface area (Å²) in [7, 11) is 0. The van der Waals surface area contributed by atoms with Crippen LogP contribution in [0.15, 0.2) is 28.7 Å². The van der Waals surface area contributed by atoms with E-state index in [1.165, 1.54) is 23.1 Å². The maximum absolute atomic E-state index is 13.3. The lowest BCUT2D eigenvalue weighted by Crippen LogP contribution is -2.37. The first-order valence-corrected chi connectivity index (χ1v) is 8.71. The van der Waals surface area contributed by atoms with Crippen LogP contribution in [-0.4, -0.2) is 34.9 Å². The molecule has 2 aromatic rings. The van der Waals surface area contributed by atoms with Crippen LogP contribution in [0.25, 0.3) is 0 Å². The molecule has 0 aliphatic carbocycles. The van der Waals surface area contributed by atoms with Gasteiger partial charge >= 0.3 is 12.5 Å². The fourth-order valence-electron chi connectivity index (χ4n) is 2.79. The number of nitrogens with zero attached hydrogens (tertiary/aromatic N) is 2. The summed E-state index contributed by atoms with van der Waals surface area (Å²) in [6, 6.07) is 5.10. The first kappa shape index (κ1) is 20.2. The van der Waals surface area contributed by atoms with E-state index in [1.54, 1.807) is 0 Å². The van der Waals surface area contributed by atoms with E-state index in [-0.39, 0.29) is 24.1 Å². The van der Waals surface area contributed by atoms with Crippen molar-refractivity contribution in [1.29, 1.82) is 0 Å². The fourth-order valence-corrected chi connectivity index (χ4v) is 2.79. The molecule has 0 radical (unpaired) electrons. The second kappa shape index (κ2) is 7.10. The minimum Gasteiger partial charge on any atom is -0.445 e. The predicted octanol–water partition coefficient (Wildman–Crippen LogP) is 4.41. The highest BCUT2D eigenvalue weighted by atomic mass is 19.3. The Kier molecular flexibility index (Phi) is 5.12. The molecule has 0 spiro atoms. The number of benzene rings is 1. The molecular formula is C19H20F4N2O3. The Morgan fingerprint density at radius 1 is 1.25 bits per heavy atom. The van der Waals surface area contributed by atoms with Crippen molar-refractivity contribution in [1.82, 2.24) is 9.88 Å². The van der Waals surface area contributed by atoms with Gasteiger partial charge in [0.2, 0.25) is 0 Å². The van der Waals surface area contributed by atoms with E-state index in [2.05, 4.69) is 9.72 Å². The van der Waals surface area contributed by atoms with Crippen LogP contribution >= 0.6 is 0 Å². The number of alkyl halides is 4. The molecule has 3 rings (SSSR count). The van der Waals surface area contributed by atoms with Gasteiger partial charge in [-0.15, -0.1) is 0 Å². The number of ether oxygens (including phenoxy) is 1. The molecule has 0 atom stereocenters. The number of hydrogen-bond donors (Lipinski definition) is 0. The van der Waals surface area contributed by atoms with Gasteiger partial charge < -0.3 is 14.1 Å². The Morgan fingerprint density at radius 3 is 2.57 bits per heavy atom. The minimum absolute atomic E-state index is 0.132. The van der Waals surface area contributed by atoms with Crippen molar-refractivity contribution in [3.05, 3.63) is 47.2 Å². The molecule has 0 saturated heterocycles. The van der Waals surface area contributed by atoms with Crippen LogP contribution in [0, 0.1) is 0 Å². The summed E-state index contributed by atoms with van der Waals surface area (Å²) in [4.78, 5) is 18.7. The molecule has 9 heteroatoms. The monoisotopic (exact) mass is 400 g/mol. The van der Waals surface area contributed by atoms with Crippen molar-refractivity contribution < 1.29 is 31.5 Å². The third kappa shape index (κ3) is 3.98. The lowest BCUT2D eigenvalue weighted by atomic mass is 9.97. The van der Waals surface area contributed by atoms with E-state index >= 15 is 0 Å². The highest BCUT2D eigenvalue weighted by Crippen LogP contribution is 2.32. The Balaban J connectivity index is 1.83. The molecule has 28 heavy (non-hydrogen) atoms. The molecule has 5 nitrogen and oxygen atoms in total. The van der Waals surface area contributed by atoms with Crippen LogP contribution in [0.1, 0.15) is 48.5 Å². The minimum atomic E-state index is -4.70. The Hall–Kier alpha value is -2.58. The summed E-state index contributed by atoms with van der Waals surface area (Å²) in [5, 5.41) is 0. The summed E-state index contributed by atoms with van der Waals surface area (Å²) in [5.74, 6) is 0.0283. The summed E-state index contributed by atoms with van der Waals surface area (Å²) < 4.78 is 61.5. The number of carbonyl (C=O) groups is 1. The van der Waals surface area contributed by atoms with E-state index in [4.69, 9.17) is 4.42 Å². The summed E-state index contributed by atoms with van der Waals surface area (Å²) in [5.41, 5.74) is 0.0830. The zero-order chi connectivity index (χ0) is 20.7. The average molecular weight is 400 g/mol. The third-order valence-corrected chi connectivity index (χ3v) is 4.27. The van der Waals surface area contributed by atoms with Gasteiger partial charge in [0.05, 0.1) is 12.1 Å². The normalized spacial score (nSPS) is 14.9. The number of carbonyl (C=O) groups excluding carboxylic acids is 1. The highest BCUT2D eigenvalue weighted by molar-refractivity contribution is 5.97. The lowest BCUT2D eigenvalue weighted by molar-refractivity contribution is -0.253. The fraction of sp³-hybridized carbons (Fsp3) is 0.474. The van der Waals surface area contributed by atoms with Gasteiger partial charge in [-0.05, 0) is 12.1 Å². The van der Waals surface area contributed by atoms with Gasteiger partial charge in [0.1, 0.15) is 17.2 Å². The van der Waals surface area contributed by atoms with E-state index in [9.17, 15) is 22.4 Å². The molecule has 2 heterocycles. The van der Waals surface area contributed by atoms with Gasteiger partial charge in [-0.3, -0.25) is 4.79 Å². The van der Waals surface area contributed by atoms with Gasteiger partial charge in [0.15, 0.2) is 5.89 Å². The molecule has 0 unspecified atom stereocenters. The molecule has 0 bridgehead atoms. The molecule has 1 aromatic heterocycles. The van der Waals surface area contributed by atoms with Crippen molar-refractivity contribution in [2.75, 3.05) is 6.54 Å². The lowest BCUT2D eigenvalue weighted by Gasteiger charge is -2.26. The molecule has 1 aromatic carbocycles. The van der Waals surface area contributed by atoms with E-state index in [0.29, 0.717) is 23.8 Å². The maximum Gasteiger partial charge on any atom is 0.461 e. The van der Waals surface area contributed by atoms with Crippen molar-refractivity contribution in [3.63, 3.8) is 0 Å². The predicted molar refractivity (Wildman–Crippen MR) is 91.7 cm³/mol. The van der Waals surface area contributed by atoms with Crippen molar-refractivity contribution in [2.45, 2.75) is 51.7 Å². The third-order valence-electron chi connectivity index (χ3n) is 4.27. The number of amides is 1. The molecular weight excluding hydrogens is 380 g/mol. The zero-order valence-corrected chi connectivity index (χ0v) is 15.6. The summed E-state index contributed by atoms with van der Waals surface area (Å²) in [6.45, 7) is 6.26. The number of halogens is 4. The van der Waals surface area contributed by atoms with Crippen LogP contribution in [0.4, 0.5) is 17.6 Å². The number of rotatable bonds is 4. The second-order valence-electron chi connectivity index (χ2n) is 7.58. The summed E-state index contributed by atoms with van der Waals surface area (Å²) in [6.07, 6.45) is -8.29. The van der Waals surface area contributed by atoms with Crippen LogP contribution in [-0.2, 0) is 18.4 Å². The summed E-state index contributed by atoms with van der Waals surface area (Å²) >= 11 is 0. The number of oxazole rings is 1. The molecule has 0 fully saturated rings.